The Morgan fingerprint density at radius 2 is 2.12 bits per heavy atom. The Labute approximate surface area is 116 Å². The van der Waals surface area contributed by atoms with Crippen molar-refractivity contribution in [3.63, 3.8) is 0 Å². The predicted octanol–water partition coefficient (Wildman–Crippen LogP) is 4.29. The average molecular weight is 369 g/mol. The van der Waals surface area contributed by atoms with Gasteiger partial charge in [0.05, 0.1) is 5.02 Å². The topological polar surface area (TPSA) is 38.9 Å². The molecule has 0 aliphatic carbocycles. The number of hydrogen-bond acceptors (Lipinski definition) is 3. The zero-order valence-electron chi connectivity index (χ0n) is 8.25. The molecule has 0 amide bonds. The maximum Gasteiger partial charge on any atom is 0.247 e. The summed E-state index contributed by atoms with van der Waals surface area (Å²) in [6.45, 7) is 1.78. The van der Waals surface area contributed by atoms with E-state index in [4.69, 9.17) is 27.6 Å². The van der Waals surface area contributed by atoms with Crippen LogP contribution in [-0.2, 0) is 0 Å². The van der Waals surface area contributed by atoms with Crippen LogP contribution in [0.25, 0.3) is 11.5 Å². The lowest BCUT2D eigenvalue weighted by atomic mass is 10.2. The van der Waals surface area contributed by atoms with Gasteiger partial charge in [0.2, 0.25) is 11.8 Å². The third-order valence-corrected chi connectivity index (χ3v) is 3.71. The van der Waals surface area contributed by atoms with Crippen molar-refractivity contribution < 1.29 is 4.42 Å². The quantitative estimate of drug-likeness (QED) is 0.586. The number of alkyl halides is 1. The first-order valence-electron chi connectivity index (χ1n) is 4.51. The van der Waals surface area contributed by atoms with Crippen molar-refractivity contribution in [3.05, 3.63) is 32.7 Å². The second-order valence-electron chi connectivity index (χ2n) is 3.19. The Morgan fingerprint density at radius 3 is 2.69 bits per heavy atom. The molecule has 1 aromatic heterocycles. The fourth-order valence-corrected chi connectivity index (χ4v) is 1.75. The first-order chi connectivity index (χ1) is 7.58. The maximum atomic E-state index is 6.01. The third kappa shape index (κ3) is 2.49. The Bertz CT molecular complexity index is 513. The van der Waals surface area contributed by atoms with Crippen LogP contribution in [0.4, 0.5) is 0 Å². The standard InChI is InChI=1S/C10H7Cl2IN2O/c1-5(11)9-14-15-10(16-9)6-2-3-8(13)7(12)4-6/h2-5H,1H3. The molecule has 0 bridgehead atoms. The highest BCUT2D eigenvalue weighted by atomic mass is 127. The van der Waals surface area contributed by atoms with Crippen molar-refractivity contribution in [2.45, 2.75) is 12.3 Å². The van der Waals surface area contributed by atoms with Gasteiger partial charge in [-0.25, -0.2) is 0 Å². The largest absolute Gasteiger partial charge is 0.419 e. The highest BCUT2D eigenvalue weighted by Crippen LogP contribution is 2.27. The lowest BCUT2D eigenvalue weighted by molar-refractivity contribution is 0.507. The summed E-state index contributed by atoms with van der Waals surface area (Å²) in [7, 11) is 0. The summed E-state index contributed by atoms with van der Waals surface area (Å²) in [5.41, 5.74) is 0.793. The van der Waals surface area contributed by atoms with Gasteiger partial charge in [0.25, 0.3) is 0 Å². The Kier molecular flexibility index (Phi) is 3.71. The zero-order chi connectivity index (χ0) is 11.7. The monoisotopic (exact) mass is 368 g/mol. The Balaban J connectivity index is 2.39. The lowest BCUT2D eigenvalue weighted by Gasteiger charge is -1.98. The van der Waals surface area contributed by atoms with Crippen LogP contribution in [0, 0.1) is 3.57 Å². The molecule has 1 atom stereocenters. The van der Waals surface area contributed by atoms with E-state index in [1.807, 2.05) is 12.1 Å². The van der Waals surface area contributed by atoms with Gasteiger partial charge in [0.1, 0.15) is 5.38 Å². The summed E-state index contributed by atoms with van der Waals surface area (Å²) in [6.07, 6.45) is 0. The molecular weight excluding hydrogens is 362 g/mol. The van der Waals surface area contributed by atoms with Crippen LogP contribution in [0.2, 0.25) is 5.02 Å². The van der Waals surface area contributed by atoms with E-state index in [0.717, 1.165) is 9.13 Å². The summed E-state index contributed by atoms with van der Waals surface area (Å²) >= 11 is 14.0. The number of hydrogen-bond donors (Lipinski definition) is 0. The minimum Gasteiger partial charge on any atom is -0.419 e. The average Bonchev–Trinajstić information content (AvgIpc) is 2.71. The SMILES string of the molecule is CC(Cl)c1nnc(-c2ccc(I)c(Cl)c2)o1. The molecule has 0 saturated carbocycles. The zero-order valence-corrected chi connectivity index (χ0v) is 11.9. The molecule has 0 aliphatic rings. The molecule has 0 fully saturated rings. The van der Waals surface area contributed by atoms with Crippen LogP contribution in [0.3, 0.4) is 0 Å². The van der Waals surface area contributed by atoms with Crippen molar-refractivity contribution in [3.8, 4) is 11.5 Å². The van der Waals surface area contributed by atoms with E-state index < -0.39 is 0 Å². The van der Waals surface area contributed by atoms with Crippen molar-refractivity contribution in [1.29, 1.82) is 0 Å². The van der Waals surface area contributed by atoms with Gasteiger partial charge in [-0.3, -0.25) is 0 Å². The van der Waals surface area contributed by atoms with Crippen LogP contribution in [0.5, 0.6) is 0 Å². The van der Waals surface area contributed by atoms with Gasteiger partial charge in [-0.05, 0) is 47.7 Å². The van der Waals surface area contributed by atoms with E-state index in [9.17, 15) is 0 Å². The molecule has 1 aromatic carbocycles. The van der Waals surface area contributed by atoms with Gasteiger partial charge in [-0.1, -0.05) is 11.6 Å². The van der Waals surface area contributed by atoms with Crippen LogP contribution in [0.15, 0.2) is 22.6 Å². The van der Waals surface area contributed by atoms with Crippen molar-refractivity contribution in [2.75, 3.05) is 0 Å². The van der Waals surface area contributed by atoms with Crippen LogP contribution in [0.1, 0.15) is 18.2 Å². The molecule has 0 radical (unpaired) electrons. The van der Waals surface area contributed by atoms with E-state index in [-0.39, 0.29) is 5.38 Å². The number of halogens is 3. The molecule has 0 saturated heterocycles. The van der Waals surface area contributed by atoms with Crippen molar-refractivity contribution in [2.24, 2.45) is 0 Å². The van der Waals surface area contributed by atoms with E-state index in [1.54, 1.807) is 13.0 Å². The molecule has 3 nitrogen and oxygen atoms in total. The van der Waals surface area contributed by atoms with E-state index in [1.165, 1.54) is 0 Å². The fraction of sp³-hybridized carbons (Fsp3) is 0.200. The predicted molar refractivity (Wildman–Crippen MR) is 71.7 cm³/mol. The first kappa shape index (κ1) is 12.1. The Hall–Kier alpha value is -0.330. The first-order valence-corrected chi connectivity index (χ1v) is 6.40. The van der Waals surface area contributed by atoms with Gasteiger partial charge in [0, 0.05) is 9.13 Å². The fourth-order valence-electron chi connectivity index (χ4n) is 1.14. The van der Waals surface area contributed by atoms with Crippen LogP contribution < -0.4 is 0 Å². The van der Waals surface area contributed by atoms with Crippen molar-refractivity contribution >= 4 is 45.8 Å². The minimum atomic E-state index is -0.291. The number of aromatic nitrogens is 2. The minimum absolute atomic E-state index is 0.291. The second kappa shape index (κ2) is 4.89. The maximum absolute atomic E-state index is 6.01. The third-order valence-electron chi connectivity index (χ3n) is 1.95. The molecule has 0 N–H and O–H groups in total. The molecule has 84 valence electrons. The van der Waals surface area contributed by atoms with Gasteiger partial charge in [0.15, 0.2) is 0 Å². The van der Waals surface area contributed by atoms with Crippen LogP contribution >= 0.6 is 45.8 Å². The number of nitrogens with zero attached hydrogens (tertiary/aromatic N) is 2. The summed E-state index contributed by atoms with van der Waals surface area (Å²) in [5, 5.41) is 8.14. The normalized spacial score (nSPS) is 12.8. The molecule has 2 rings (SSSR count). The molecule has 1 unspecified atom stereocenters. The Morgan fingerprint density at radius 1 is 1.38 bits per heavy atom. The van der Waals surface area contributed by atoms with Gasteiger partial charge in [-0.15, -0.1) is 21.8 Å². The molecule has 2 aromatic rings. The number of rotatable bonds is 2. The van der Waals surface area contributed by atoms with Crippen molar-refractivity contribution in [1.82, 2.24) is 10.2 Å². The molecule has 1 heterocycles. The summed E-state index contributed by atoms with van der Waals surface area (Å²) < 4.78 is 6.39. The summed E-state index contributed by atoms with van der Waals surface area (Å²) in [4.78, 5) is 0. The van der Waals surface area contributed by atoms with E-state index >= 15 is 0 Å². The van der Waals surface area contributed by atoms with Crippen LogP contribution in [-0.4, -0.2) is 10.2 Å². The van der Waals surface area contributed by atoms with E-state index in [0.29, 0.717) is 16.8 Å². The number of benzene rings is 1. The van der Waals surface area contributed by atoms with E-state index in [2.05, 4.69) is 32.8 Å². The van der Waals surface area contributed by atoms with Gasteiger partial charge < -0.3 is 4.42 Å². The highest BCUT2D eigenvalue weighted by molar-refractivity contribution is 14.1. The second-order valence-corrected chi connectivity index (χ2v) is 5.41. The molecule has 0 spiro atoms. The molecular formula is C10H7Cl2IN2O. The molecule has 16 heavy (non-hydrogen) atoms. The summed E-state index contributed by atoms with van der Waals surface area (Å²) in [6, 6.07) is 5.57. The molecule has 0 aliphatic heterocycles. The summed E-state index contributed by atoms with van der Waals surface area (Å²) in [5.74, 6) is 0.840. The lowest BCUT2D eigenvalue weighted by Crippen LogP contribution is -1.81. The van der Waals surface area contributed by atoms with Gasteiger partial charge in [-0.2, -0.15) is 0 Å². The highest BCUT2D eigenvalue weighted by Gasteiger charge is 2.13. The smallest absolute Gasteiger partial charge is 0.247 e. The van der Waals surface area contributed by atoms with Gasteiger partial charge >= 0.3 is 0 Å². The molecule has 6 heteroatoms.